The summed E-state index contributed by atoms with van der Waals surface area (Å²) in [5.41, 5.74) is 1.87. The number of hydrogen-bond acceptors (Lipinski definition) is 8. The SMILES string of the molecule is CNc1ccc([N+](=O)[O-])cc1C(=O)OCC(=O)c1cc(C)n(-c2cc(C)on2)c1C. The minimum Gasteiger partial charge on any atom is -0.454 e. The van der Waals surface area contributed by atoms with E-state index in [0.717, 1.165) is 11.8 Å². The van der Waals surface area contributed by atoms with E-state index < -0.39 is 23.3 Å². The number of aryl methyl sites for hydroxylation is 2. The summed E-state index contributed by atoms with van der Waals surface area (Å²) in [7, 11) is 1.57. The average molecular weight is 412 g/mol. The van der Waals surface area contributed by atoms with E-state index in [2.05, 4.69) is 10.5 Å². The smallest absolute Gasteiger partial charge is 0.340 e. The van der Waals surface area contributed by atoms with Crippen LogP contribution in [-0.4, -0.2) is 40.1 Å². The monoisotopic (exact) mass is 412 g/mol. The number of nitro benzene ring substituents is 1. The first kappa shape index (κ1) is 20.8. The van der Waals surface area contributed by atoms with Crippen molar-refractivity contribution in [1.82, 2.24) is 9.72 Å². The fourth-order valence-electron chi connectivity index (χ4n) is 3.18. The summed E-state index contributed by atoms with van der Waals surface area (Å²) in [6.07, 6.45) is 0. The van der Waals surface area contributed by atoms with Crippen molar-refractivity contribution < 1.29 is 23.8 Å². The van der Waals surface area contributed by atoms with E-state index in [1.54, 1.807) is 37.6 Å². The second kappa shape index (κ2) is 8.19. The van der Waals surface area contributed by atoms with Crippen LogP contribution in [0.4, 0.5) is 11.4 Å². The van der Waals surface area contributed by atoms with E-state index in [-0.39, 0.29) is 11.3 Å². The van der Waals surface area contributed by atoms with Crippen LogP contribution in [0, 0.1) is 30.9 Å². The molecule has 156 valence electrons. The van der Waals surface area contributed by atoms with Gasteiger partial charge in [0.25, 0.3) is 5.69 Å². The molecule has 0 radical (unpaired) electrons. The molecule has 0 unspecified atom stereocenters. The first-order valence-electron chi connectivity index (χ1n) is 9.02. The van der Waals surface area contributed by atoms with Gasteiger partial charge in [-0.15, -0.1) is 0 Å². The lowest BCUT2D eigenvalue weighted by atomic mass is 10.1. The van der Waals surface area contributed by atoms with Gasteiger partial charge < -0.3 is 14.6 Å². The van der Waals surface area contributed by atoms with Gasteiger partial charge in [0.2, 0.25) is 5.78 Å². The standard InChI is InChI=1S/C20H20N4O6/c1-11-7-15(13(3)23(11)19-8-12(2)30-22-19)18(25)10-29-20(26)16-9-14(24(27)28)5-6-17(16)21-4/h5-9,21H,10H2,1-4H3. The van der Waals surface area contributed by atoms with Crippen molar-refractivity contribution >= 4 is 23.1 Å². The molecule has 0 aliphatic heterocycles. The predicted octanol–water partition coefficient (Wildman–Crippen LogP) is 3.38. The molecule has 0 saturated heterocycles. The number of non-ortho nitro benzene ring substituents is 1. The Morgan fingerprint density at radius 3 is 2.53 bits per heavy atom. The minimum absolute atomic E-state index is 0.0250. The van der Waals surface area contributed by atoms with Crippen LogP contribution in [0.3, 0.4) is 0 Å². The number of carbonyl (C=O) groups excluding carboxylic acids is 2. The van der Waals surface area contributed by atoms with Crippen molar-refractivity contribution in [2.75, 3.05) is 19.0 Å². The molecule has 0 bridgehead atoms. The number of anilines is 1. The number of aromatic nitrogens is 2. The number of nitrogens with one attached hydrogen (secondary N) is 1. The maximum absolute atomic E-state index is 12.7. The molecule has 30 heavy (non-hydrogen) atoms. The third kappa shape index (κ3) is 3.93. The molecule has 0 saturated carbocycles. The van der Waals surface area contributed by atoms with Crippen LogP contribution in [-0.2, 0) is 4.74 Å². The first-order valence-corrected chi connectivity index (χ1v) is 9.02. The van der Waals surface area contributed by atoms with Gasteiger partial charge in [-0.1, -0.05) is 5.16 Å². The van der Waals surface area contributed by atoms with E-state index >= 15 is 0 Å². The molecule has 2 aromatic heterocycles. The molecule has 0 aliphatic rings. The fraction of sp³-hybridized carbons (Fsp3) is 0.250. The maximum atomic E-state index is 12.7. The number of benzene rings is 1. The van der Waals surface area contributed by atoms with Crippen molar-refractivity contribution in [3.63, 3.8) is 0 Å². The molecule has 10 nitrogen and oxygen atoms in total. The molecular formula is C20H20N4O6. The second-order valence-electron chi connectivity index (χ2n) is 6.65. The van der Waals surface area contributed by atoms with Crippen LogP contribution < -0.4 is 5.32 Å². The van der Waals surface area contributed by atoms with Crippen LogP contribution >= 0.6 is 0 Å². The third-order valence-electron chi connectivity index (χ3n) is 4.61. The number of nitro groups is 1. The number of ketones is 1. The molecule has 3 aromatic rings. The summed E-state index contributed by atoms with van der Waals surface area (Å²) in [6, 6.07) is 7.22. The highest BCUT2D eigenvalue weighted by molar-refractivity contribution is 6.02. The topological polar surface area (TPSA) is 130 Å². The number of nitrogens with zero attached hydrogens (tertiary/aromatic N) is 3. The number of ether oxygens (including phenoxy) is 1. The van der Waals surface area contributed by atoms with Gasteiger partial charge in [0.05, 0.1) is 10.5 Å². The van der Waals surface area contributed by atoms with Gasteiger partial charge in [0.1, 0.15) is 5.76 Å². The van der Waals surface area contributed by atoms with E-state index in [0.29, 0.717) is 28.5 Å². The summed E-state index contributed by atoms with van der Waals surface area (Å²) in [5.74, 6) is -0.0536. The summed E-state index contributed by atoms with van der Waals surface area (Å²) in [4.78, 5) is 35.5. The van der Waals surface area contributed by atoms with E-state index in [1.165, 1.54) is 12.1 Å². The highest BCUT2D eigenvalue weighted by atomic mass is 16.6. The zero-order valence-corrected chi connectivity index (χ0v) is 16.9. The summed E-state index contributed by atoms with van der Waals surface area (Å²) in [5, 5.41) is 17.7. The van der Waals surface area contributed by atoms with Gasteiger partial charge in [-0.2, -0.15) is 0 Å². The first-order chi connectivity index (χ1) is 14.2. The van der Waals surface area contributed by atoms with Gasteiger partial charge >= 0.3 is 5.97 Å². The summed E-state index contributed by atoms with van der Waals surface area (Å²) >= 11 is 0. The molecule has 0 atom stereocenters. The number of carbonyl (C=O) groups is 2. The third-order valence-corrected chi connectivity index (χ3v) is 4.61. The molecule has 1 aromatic carbocycles. The highest BCUT2D eigenvalue weighted by Crippen LogP contribution is 2.24. The number of esters is 1. The van der Waals surface area contributed by atoms with Crippen molar-refractivity contribution in [3.8, 4) is 5.82 Å². The Bertz CT molecular complexity index is 1140. The number of rotatable bonds is 7. The van der Waals surface area contributed by atoms with Gasteiger partial charge in [-0.05, 0) is 32.9 Å². The number of Topliss-reactive ketones (excluding diaryl/α,β-unsaturated/α-hetero) is 1. The molecule has 0 amide bonds. The van der Waals surface area contributed by atoms with Gasteiger partial charge in [-0.25, -0.2) is 4.79 Å². The van der Waals surface area contributed by atoms with Crippen molar-refractivity contribution in [2.45, 2.75) is 20.8 Å². The zero-order valence-electron chi connectivity index (χ0n) is 16.9. The van der Waals surface area contributed by atoms with Crippen LogP contribution in [0.25, 0.3) is 5.82 Å². The molecule has 0 fully saturated rings. The predicted molar refractivity (Wildman–Crippen MR) is 107 cm³/mol. The van der Waals surface area contributed by atoms with Crippen molar-refractivity contribution in [1.29, 1.82) is 0 Å². The number of hydrogen-bond donors (Lipinski definition) is 1. The normalized spacial score (nSPS) is 10.7. The van der Waals surface area contributed by atoms with E-state index in [9.17, 15) is 19.7 Å². The van der Waals surface area contributed by atoms with E-state index in [4.69, 9.17) is 9.26 Å². The zero-order chi connectivity index (χ0) is 22.0. The maximum Gasteiger partial charge on any atom is 0.340 e. The lowest BCUT2D eigenvalue weighted by Crippen LogP contribution is -2.16. The largest absolute Gasteiger partial charge is 0.454 e. The minimum atomic E-state index is -0.836. The molecule has 2 heterocycles. The Hall–Kier alpha value is -3.95. The van der Waals surface area contributed by atoms with Gasteiger partial charge in [0.15, 0.2) is 12.4 Å². The molecule has 0 aliphatic carbocycles. The van der Waals surface area contributed by atoms with Gasteiger partial charge in [0, 0.05) is 47.9 Å². The Kier molecular flexibility index (Phi) is 5.67. The van der Waals surface area contributed by atoms with Crippen molar-refractivity contribution in [3.05, 3.63) is 68.7 Å². The molecular weight excluding hydrogens is 392 g/mol. The Labute approximate surface area is 171 Å². The Morgan fingerprint density at radius 2 is 1.93 bits per heavy atom. The summed E-state index contributed by atoms with van der Waals surface area (Å²) in [6.45, 7) is 4.84. The second-order valence-corrected chi connectivity index (χ2v) is 6.65. The summed E-state index contributed by atoms with van der Waals surface area (Å²) < 4.78 is 12.0. The fourth-order valence-corrected chi connectivity index (χ4v) is 3.18. The van der Waals surface area contributed by atoms with Gasteiger partial charge in [-0.3, -0.25) is 19.5 Å². The Morgan fingerprint density at radius 1 is 1.20 bits per heavy atom. The van der Waals surface area contributed by atoms with Crippen molar-refractivity contribution in [2.24, 2.45) is 0 Å². The van der Waals surface area contributed by atoms with Crippen LogP contribution in [0.2, 0.25) is 0 Å². The van der Waals surface area contributed by atoms with Crippen LogP contribution in [0.15, 0.2) is 34.9 Å². The Balaban J connectivity index is 1.79. The highest BCUT2D eigenvalue weighted by Gasteiger charge is 2.22. The quantitative estimate of drug-likeness (QED) is 0.271. The molecule has 1 N–H and O–H groups in total. The van der Waals surface area contributed by atoms with Crippen LogP contribution in [0.5, 0.6) is 0 Å². The van der Waals surface area contributed by atoms with Crippen LogP contribution in [0.1, 0.15) is 37.9 Å². The average Bonchev–Trinajstić information content (AvgIpc) is 3.27. The lowest BCUT2D eigenvalue weighted by molar-refractivity contribution is -0.384. The molecule has 3 rings (SSSR count). The van der Waals surface area contributed by atoms with E-state index in [1.807, 2.05) is 6.92 Å². The molecule has 0 spiro atoms. The lowest BCUT2D eigenvalue weighted by Gasteiger charge is -2.09. The molecule has 10 heteroatoms.